The molecule has 5 nitrogen and oxygen atoms in total. The Labute approximate surface area is 220 Å². The van der Waals surface area contributed by atoms with Crippen LogP contribution in [0.4, 0.5) is 0 Å². The van der Waals surface area contributed by atoms with Crippen molar-refractivity contribution >= 4 is 5.65 Å². The van der Waals surface area contributed by atoms with Crippen molar-refractivity contribution in [1.29, 1.82) is 0 Å². The van der Waals surface area contributed by atoms with Gasteiger partial charge in [0.25, 0.3) is 0 Å². The standard InChI is InChI=1S/C22H23N5.C10H14/c1-15-5-7-18(8-6-15)21-22(19-9-11-23-16(2)24-19)27-12-10-17(14-26(3)4)13-20(27)25-21;1-8(2)10-6-4-9(3)5-7-10/h5-13H,14H2,1-4H3;4-8H,1-3H3. The Kier molecular flexibility index (Phi) is 8.14. The van der Waals surface area contributed by atoms with Crippen molar-refractivity contribution in [1.82, 2.24) is 24.3 Å². The Bertz CT molecular complexity index is 1460. The Hall–Kier alpha value is -3.83. The van der Waals surface area contributed by atoms with Crippen LogP contribution in [0.5, 0.6) is 0 Å². The topological polar surface area (TPSA) is 46.3 Å². The second-order valence-electron chi connectivity index (χ2n) is 10.2. The summed E-state index contributed by atoms with van der Waals surface area (Å²) in [6.07, 6.45) is 3.89. The van der Waals surface area contributed by atoms with Gasteiger partial charge < -0.3 is 4.90 Å². The molecule has 5 heteroatoms. The van der Waals surface area contributed by atoms with Crippen LogP contribution in [0, 0.1) is 20.8 Å². The van der Waals surface area contributed by atoms with Crippen molar-refractivity contribution in [2.75, 3.05) is 14.1 Å². The molecule has 2 aromatic carbocycles. The zero-order chi connectivity index (χ0) is 26.5. The summed E-state index contributed by atoms with van der Waals surface area (Å²) in [4.78, 5) is 16.0. The SMILES string of the molecule is Cc1ccc(-c2nc3cc(CN(C)C)ccn3c2-c2ccnc(C)n2)cc1.Cc1ccc(C(C)C)cc1. The molecule has 190 valence electrons. The molecule has 5 aromatic rings. The van der Waals surface area contributed by atoms with Gasteiger partial charge >= 0.3 is 0 Å². The minimum absolute atomic E-state index is 0.653. The minimum Gasteiger partial charge on any atom is -0.305 e. The molecule has 0 aliphatic carbocycles. The lowest BCUT2D eigenvalue weighted by molar-refractivity contribution is 0.402. The molecule has 0 amide bonds. The smallest absolute Gasteiger partial charge is 0.138 e. The number of rotatable bonds is 5. The van der Waals surface area contributed by atoms with E-state index in [1.807, 2.05) is 13.0 Å². The van der Waals surface area contributed by atoms with Gasteiger partial charge in [-0.2, -0.15) is 0 Å². The van der Waals surface area contributed by atoms with Crippen LogP contribution in [0.25, 0.3) is 28.3 Å². The van der Waals surface area contributed by atoms with E-state index in [0.29, 0.717) is 5.92 Å². The fourth-order valence-corrected chi connectivity index (χ4v) is 4.25. The summed E-state index contributed by atoms with van der Waals surface area (Å²) in [6.45, 7) is 11.4. The van der Waals surface area contributed by atoms with Gasteiger partial charge in [0.2, 0.25) is 0 Å². The van der Waals surface area contributed by atoms with Gasteiger partial charge in [-0.05, 0) is 70.1 Å². The number of aryl methyl sites for hydroxylation is 3. The summed E-state index contributed by atoms with van der Waals surface area (Å²) < 4.78 is 2.12. The van der Waals surface area contributed by atoms with Crippen LogP contribution in [0.1, 0.15) is 47.8 Å². The third-order valence-corrected chi connectivity index (χ3v) is 6.28. The van der Waals surface area contributed by atoms with E-state index in [9.17, 15) is 0 Å². The lowest BCUT2D eigenvalue weighted by Gasteiger charge is -2.10. The summed E-state index contributed by atoms with van der Waals surface area (Å²) in [6, 6.07) is 23.4. The summed E-state index contributed by atoms with van der Waals surface area (Å²) >= 11 is 0. The fourth-order valence-electron chi connectivity index (χ4n) is 4.25. The number of nitrogens with zero attached hydrogens (tertiary/aromatic N) is 5. The monoisotopic (exact) mass is 491 g/mol. The molecule has 3 aromatic heterocycles. The van der Waals surface area contributed by atoms with Gasteiger partial charge in [0, 0.05) is 24.5 Å². The summed E-state index contributed by atoms with van der Waals surface area (Å²) in [5.41, 5.74) is 10.1. The van der Waals surface area contributed by atoms with Crippen LogP contribution >= 0.6 is 0 Å². The van der Waals surface area contributed by atoms with Gasteiger partial charge in [-0.1, -0.05) is 73.5 Å². The second kappa shape index (κ2) is 11.5. The number of aromatic nitrogens is 4. The molecule has 5 rings (SSSR count). The molecule has 0 aliphatic rings. The van der Waals surface area contributed by atoms with Gasteiger partial charge in [-0.15, -0.1) is 0 Å². The maximum atomic E-state index is 4.97. The van der Waals surface area contributed by atoms with Crippen molar-refractivity contribution in [2.24, 2.45) is 0 Å². The first-order valence-electron chi connectivity index (χ1n) is 12.8. The van der Waals surface area contributed by atoms with E-state index in [-0.39, 0.29) is 0 Å². The van der Waals surface area contributed by atoms with Gasteiger partial charge in [-0.25, -0.2) is 15.0 Å². The maximum Gasteiger partial charge on any atom is 0.138 e. The molecule has 0 spiro atoms. The van der Waals surface area contributed by atoms with Crippen molar-refractivity contribution in [3.05, 3.63) is 107 Å². The van der Waals surface area contributed by atoms with Crippen LogP contribution in [0.2, 0.25) is 0 Å². The van der Waals surface area contributed by atoms with Crippen molar-refractivity contribution in [2.45, 2.75) is 47.1 Å². The molecule has 37 heavy (non-hydrogen) atoms. The molecular formula is C32H37N5. The quantitative estimate of drug-likeness (QED) is 0.260. The summed E-state index contributed by atoms with van der Waals surface area (Å²) in [5.74, 6) is 1.40. The molecule has 0 atom stereocenters. The van der Waals surface area contributed by atoms with Crippen LogP contribution in [0.3, 0.4) is 0 Å². The largest absolute Gasteiger partial charge is 0.305 e. The first-order valence-corrected chi connectivity index (χ1v) is 12.8. The van der Waals surface area contributed by atoms with Gasteiger partial charge in [0.15, 0.2) is 0 Å². The average Bonchev–Trinajstić information content (AvgIpc) is 3.23. The van der Waals surface area contributed by atoms with Crippen molar-refractivity contribution in [3.8, 4) is 22.6 Å². The molecule has 0 saturated carbocycles. The van der Waals surface area contributed by atoms with Crippen LogP contribution in [0.15, 0.2) is 79.1 Å². The predicted molar refractivity (Wildman–Crippen MR) is 154 cm³/mol. The Morgan fingerprint density at radius 3 is 2.05 bits per heavy atom. The van der Waals surface area contributed by atoms with Gasteiger partial charge in [0.05, 0.1) is 17.1 Å². The third kappa shape index (κ3) is 6.49. The molecule has 0 fully saturated rings. The Morgan fingerprint density at radius 2 is 1.46 bits per heavy atom. The van der Waals surface area contributed by atoms with E-state index in [1.165, 1.54) is 22.3 Å². The highest BCUT2D eigenvalue weighted by molar-refractivity contribution is 5.80. The van der Waals surface area contributed by atoms with E-state index in [1.54, 1.807) is 6.20 Å². The van der Waals surface area contributed by atoms with E-state index in [2.05, 4.69) is 128 Å². The number of benzene rings is 2. The first kappa shape index (κ1) is 26.2. The molecule has 0 bridgehead atoms. The van der Waals surface area contributed by atoms with Crippen LogP contribution in [-0.2, 0) is 6.54 Å². The molecule has 0 saturated heterocycles. The minimum atomic E-state index is 0.653. The zero-order valence-electron chi connectivity index (χ0n) is 23.0. The normalized spacial score (nSPS) is 11.2. The highest BCUT2D eigenvalue weighted by Gasteiger charge is 2.17. The lowest BCUT2D eigenvalue weighted by atomic mass is 10.0. The summed E-state index contributed by atoms with van der Waals surface area (Å²) in [5, 5.41) is 0. The van der Waals surface area contributed by atoms with Crippen LogP contribution in [-0.4, -0.2) is 38.3 Å². The van der Waals surface area contributed by atoms with Crippen LogP contribution < -0.4 is 0 Å². The van der Waals surface area contributed by atoms with E-state index < -0.39 is 0 Å². The van der Waals surface area contributed by atoms with E-state index in [4.69, 9.17) is 4.98 Å². The highest BCUT2D eigenvalue weighted by Crippen LogP contribution is 2.32. The number of hydrogen-bond acceptors (Lipinski definition) is 4. The average molecular weight is 492 g/mol. The van der Waals surface area contributed by atoms with Gasteiger partial charge in [0.1, 0.15) is 11.5 Å². The predicted octanol–water partition coefficient (Wildman–Crippen LogP) is 7.26. The number of imidazole rings is 1. The second-order valence-corrected chi connectivity index (χ2v) is 10.2. The van der Waals surface area contributed by atoms with Gasteiger partial charge in [-0.3, -0.25) is 4.40 Å². The first-order chi connectivity index (χ1) is 17.7. The molecule has 0 aliphatic heterocycles. The number of fused-ring (bicyclic) bond motifs is 1. The Balaban J connectivity index is 0.000000270. The van der Waals surface area contributed by atoms with E-state index >= 15 is 0 Å². The number of hydrogen-bond donors (Lipinski definition) is 0. The molecule has 0 unspecified atom stereocenters. The van der Waals surface area contributed by atoms with Crippen molar-refractivity contribution in [3.63, 3.8) is 0 Å². The lowest BCUT2D eigenvalue weighted by Crippen LogP contribution is -2.10. The molecular weight excluding hydrogens is 454 g/mol. The molecule has 0 N–H and O–H groups in total. The maximum absolute atomic E-state index is 4.97. The molecule has 3 heterocycles. The Morgan fingerprint density at radius 1 is 0.811 bits per heavy atom. The highest BCUT2D eigenvalue weighted by atomic mass is 15.1. The number of pyridine rings is 1. The van der Waals surface area contributed by atoms with E-state index in [0.717, 1.165) is 40.7 Å². The van der Waals surface area contributed by atoms with Crippen molar-refractivity contribution < 1.29 is 0 Å². The fraction of sp³-hybridized carbons (Fsp3) is 0.281. The summed E-state index contributed by atoms with van der Waals surface area (Å²) in [7, 11) is 4.14. The molecule has 0 radical (unpaired) electrons. The zero-order valence-corrected chi connectivity index (χ0v) is 23.0. The third-order valence-electron chi connectivity index (χ3n) is 6.28.